The molecule has 0 aliphatic carbocycles. The summed E-state index contributed by atoms with van der Waals surface area (Å²) in [5, 5.41) is 2.43. The molecule has 1 aliphatic heterocycles. The van der Waals surface area contributed by atoms with Crippen LogP contribution in [-0.2, 0) is 20.8 Å². The molecule has 1 saturated heterocycles. The van der Waals surface area contributed by atoms with Crippen LogP contribution in [-0.4, -0.2) is 55.2 Å². The molecule has 0 radical (unpaired) electrons. The molecule has 2 aromatic carbocycles. The van der Waals surface area contributed by atoms with Gasteiger partial charge in [0.2, 0.25) is 11.7 Å². The van der Waals surface area contributed by atoms with Crippen LogP contribution in [0, 0.1) is 12.7 Å². The number of Topliss-reactive ketones (excluding diaryl/α,β-unsaturated/α-hetero) is 1. The molecule has 2 amide bonds. The molecule has 3 rings (SSSR count). The monoisotopic (exact) mass is 397 g/mol. The fourth-order valence-corrected chi connectivity index (χ4v) is 3.20. The van der Waals surface area contributed by atoms with Gasteiger partial charge in [0.25, 0.3) is 5.91 Å². The smallest absolute Gasteiger partial charge is 0.288 e. The van der Waals surface area contributed by atoms with Gasteiger partial charge >= 0.3 is 0 Å². The van der Waals surface area contributed by atoms with Gasteiger partial charge in [0, 0.05) is 38.3 Å². The Bertz CT molecular complexity index is 873. The van der Waals surface area contributed by atoms with Gasteiger partial charge in [-0.25, -0.2) is 4.39 Å². The Hall–Kier alpha value is -3.22. The van der Waals surface area contributed by atoms with E-state index in [1.54, 1.807) is 17.0 Å². The van der Waals surface area contributed by atoms with Crippen LogP contribution in [0.3, 0.4) is 0 Å². The molecule has 1 aliphatic rings. The summed E-state index contributed by atoms with van der Waals surface area (Å²) in [5.41, 5.74) is 2.75. The van der Waals surface area contributed by atoms with Crippen LogP contribution < -0.4 is 10.2 Å². The summed E-state index contributed by atoms with van der Waals surface area (Å²) in [7, 11) is 0. The van der Waals surface area contributed by atoms with E-state index in [4.69, 9.17) is 0 Å². The van der Waals surface area contributed by atoms with Crippen molar-refractivity contribution >= 4 is 23.3 Å². The Labute approximate surface area is 169 Å². The lowest BCUT2D eigenvalue weighted by molar-refractivity contribution is -0.139. The van der Waals surface area contributed by atoms with E-state index in [9.17, 15) is 18.8 Å². The number of carbonyl (C=O) groups is 3. The third-order valence-corrected chi connectivity index (χ3v) is 4.96. The summed E-state index contributed by atoms with van der Waals surface area (Å²) < 4.78 is 13.0. The molecule has 0 aromatic heterocycles. The third kappa shape index (κ3) is 5.63. The van der Waals surface area contributed by atoms with Gasteiger partial charge in [-0.05, 0) is 36.8 Å². The molecule has 0 spiro atoms. The predicted octanol–water partition coefficient (Wildman–Crippen LogP) is 1.71. The van der Waals surface area contributed by atoms with E-state index in [-0.39, 0.29) is 24.7 Å². The van der Waals surface area contributed by atoms with Gasteiger partial charge < -0.3 is 15.1 Å². The number of rotatable bonds is 6. The number of amides is 2. The first kappa shape index (κ1) is 20.5. The first-order chi connectivity index (χ1) is 13.9. The minimum atomic E-state index is -0.746. The molecule has 1 heterocycles. The molecule has 0 saturated carbocycles. The highest BCUT2D eigenvalue weighted by Crippen LogP contribution is 2.16. The summed E-state index contributed by atoms with van der Waals surface area (Å²) in [5.74, 6) is -1.82. The lowest BCUT2D eigenvalue weighted by atomic mass is 10.1. The fraction of sp³-hybridized carbons (Fsp3) is 0.318. The van der Waals surface area contributed by atoms with E-state index < -0.39 is 11.7 Å². The number of nitrogens with zero attached hydrogens (tertiary/aromatic N) is 2. The molecule has 1 fully saturated rings. The molecule has 0 bridgehead atoms. The Kier molecular flexibility index (Phi) is 6.59. The maximum absolute atomic E-state index is 13.0. The second-order valence-corrected chi connectivity index (χ2v) is 7.11. The zero-order chi connectivity index (χ0) is 20.8. The van der Waals surface area contributed by atoms with Gasteiger partial charge in [0.15, 0.2) is 0 Å². The van der Waals surface area contributed by atoms with E-state index in [1.165, 1.54) is 12.1 Å². The third-order valence-electron chi connectivity index (χ3n) is 4.96. The quantitative estimate of drug-likeness (QED) is 0.754. The first-order valence-electron chi connectivity index (χ1n) is 9.57. The van der Waals surface area contributed by atoms with Crippen molar-refractivity contribution in [3.05, 3.63) is 65.5 Å². The summed E-state index contributed by atoms with van der Waals surface area (Å²) in [4.78, 5) is 40.1. The van der Waals surface area contributed by atoms with E-state index in [2.05, 4.69) is 10.2 Å². The van der Waals surface area contributed by atoms with Gasteiger partial charge in [-0.3, -0.25) is 14.4 Å². The van der Waals surface area contributed by atoms with Crippen molar-refractivity contribution in [2.75, 3.05) is 37.6 Å². The average Bonchev–Trinajstić information content (AvgIpc) is 2.74. The Morgan fingerprint density at radius 2 is 1.55 bits per heavy atom. The maximum Gasteiger partial charge on any atom is 0.288 e. The number of anilines is 1. The number of benzene rings is 2. The van der Waals surface area contributed by atoms with Crippen LogP contribution in [0.5, 0.6) is 0 Å². The Morgan fingerprint density at radius 3 is 2.17 bits per heavy atom. The second kappa shape index (κ2) is 9.32. The standard InChI is InChI=1S/C22H24FN3O3/c1-16-2-4-17(5-3-16)14-20(27)22(29)24-15-21(28)26-12-10-25(11-13-26)19-8-6-18(23)7-9-19/h2-9H,10-15H2,1H3,(H,24,29). The number of hydrogen-bond donors (Lipinski definition) is 1. The van der Waals surface area contributed by atoms with Crippen molar-refractivity contribution in [2.45, 2.75) is 13.3 Å². The zero-order valence-corrected chi connectivity index (χ0v) is 16.4. The van der Waals surface area contributed by atoms with Crippen LogP contribution in [0.25, 0.3) is 0 Å². The summed E-state index contributed by atoms with van der Waals surface area (Å²) in [6, 6.07) is 13.6. The van der Waals surface area contributed by atoms with Crippen LogP contribution in [0.1, 0.15) is 11.1 Å². The van der Waals surface area contributed by atoms with Gasteiger partial charge in [-0.2, -0.15) is 0 Å². The normalized spacial score (nSPS) is 13.9. The average molecular weight is 397 g/mol. The van der Waals surface area contributed by atoms with Gasteiger partial charge in [-0.1, -0.05) is 29.8 Å². The summed E-state index contributed by atoms with van der Waals surface area (Å²) in [6.07, 6.45) is 0.0106. The zero-order valence-electron chi connectivity index (χ0n) is 16.4. The lowest BCUT2D eigenvalue weighted by Crippen LogP contribution is -2.51. The van der Waals surface area contributed by atoms with E-state index in [0.717, 1.165) is 16.8 Å². The van der Waals surface area contributed by atoms with Crippen molar-refractivity contribution in [1.82, 2.24) is 10.2 Å². The van der Waals surface area contributed by atoms with Crippen molar-refractivity contribution < 1.29 is 18.8 Å². The highest BCUT2D eigenvalue weighted by Gasteiger charge is 2.22. The lowest BCUT2D eigenvalue weighted by Gasteiger charge is -2.36. The molecular weight excluding hydrogens is 373 g/mol. The molecule has 0 unspecified atom stereocenters. The second-order valence-electron chi connectivity index (χ2n) is 7.11. The minimum absolute atomic E-state index is 0.0106. The molecule has 2 aromatic rings. The molecule has 0 atom stereocenters. The van der Waals surface area contributed by atoms with Crippen molar-refractivity contribution in [1.29, 1.82) is 0 Å². The van der Waals surface area contributed by atoms with Crippen molar-refractivity contribution in [2.24, 2.45) is 0 Å². The molecule has 152 valence electrons. The number of aryl methyl sites for hydroxylation is 1. The van der Waals surface area contributed by atoms with Crippen molar-refractivity contribution in [3.8, 4) is 0 Å². The number of carbonyl (C=O) groups excluding carboxylic acids is 3. The molecule has 6 nitrogen and oxygen atoms in total. The molecular formula is C22H24FN3O3. The van der Waals surface area contributed by atoms with E-state index in [0.29, 0.717) is 26.2 Å². The molecule has 1 N–H and O–H groups in total. The topological polar surface area (TPSA) is 69.7 Å². The van der Waals surface area contributed by atoms with E-state index >= 15 is 0 Å². The van der Waals surface area contributed by atoms with Crippen LogP contribution >= 0.6 is 0 Å². The first-order valence-corrected chi connectivity index (χ1v) is 9.57. The number of piperazine rings is 1. The summed E-state index contributed by atoms with van der Waals surface area (Å²) in [6.45, 7) is 4.00. The number of hydrogen-bond acceptors (Lipinski definition) is 4. The van der Waals surface area contributed by atoms with Crippen LogP contribution in [0.15, 0.2) is 48.5 Å². The minimum Gasteiger partial charge on any atom is -0.368 e. The van der Waals surface area contributed by atoms with Crippen molar-refractivity contribution in [3.63, 3.8) is 0 Å². The van der Waals surface area contributed by atoms with Gasteiger partial charge in [-0.15, -0.1) is 0 Å². The molecule has 7 heteroatoms. The Balaban J connectivity index is 1.42. The number of nitrogens with one attached hydrogen (secondary N) is 1. The highest BCUT2D eigenvalue weighted by molar-refractivity contribution is 6.36. The highest BCUT2D eigenvalue weighted by atomic mass is 19.1. The van der Waals surface area contributed by atoms with Crippen LogP contribution in [0.4, 0.5) is 10.1 Å². The molecule has 29 heavy (non-hydrogen) atoms. The van der Waals surface area contributed by atoms with E-state index in [1.807, 2.05) is 31.2 Å². The Morgan fingerprint density at radius 1 is 0.931 bits per heavy atom. The van der Waals surface area contributed by atoms with Gasteiger partial charge in [0.05, 0.1) is 6.54 Å². The fourth-order valence-electron chi connectivity index (χ4n) is 3.20. The van der Waals surface area contributed by atoms with Gasteiger partial charge in [0.1, 0.15) is 5.82 Å². The largest absolute Gasteiger partial charge is 0.368 e. The summed E-state index contributed by atoms with van der Waals surface area (Å²) >= 11 is 0. The number of halogens is 1. The SMILES string of the molecule is Cc1ccc(CC(=O)C(=O)NCC(=O)N2CCN(c3ccc(F)cc3)CC2)cc1. The van der Waals surface area contributed by atoms with Crippen LogP contribution in [0.2, 0.25) is 0 Å². The maximum atomic E-state index is 13.0. The predicted molar refractivity (Wildman–Crippen MR) is 108 cm³/mol. The number of ketones is 1.